The van der Waals surface area contributed by atoms with Crippen molar-refractivity contribution in [1.82, 2.24) is 14.7 Å². The normalized spacial score (nSPS) is 22.1. The third-order valence-corrected chi connectivity index (χ3v) is 4.15. The molecule has 0 saturated carbocycles. The second-order valence-corrected chi connectivity index (χ2v) is 7.03. The highest BCUT2D eigenvalue weighted by Gasteiger charge is 2.27. The largest absolute Gasteiger partial charge is 0.295 e. The van der Waals surface area contributed by atoms with Gasteiger partial charge >= 0.3 is 0 Å². The zero-order chi connectivity index (χ0) is 12.5. The number of aryl methyl sites for hydroxylation is 1. The van der Waals surface area contributed by atoms with Crippen LogP contribution in [-0.2, 0) is 16.9 Å². The molecule has 1 aliphatic rings. The Kier molecular flexibility index (Phi) is 3.53. The molecule has 1 fully saturated rings. The molecule has 0 aromatic carbocycles. The van der Waals surface area contributed by atoms with Gasteiger partial charge in [0.25, 0.3) is 0 Å². The lowest BCUT2D eigenvalue weighted by Crippen LogP contribution is -2.28. The molecule has 17 heavy (non-hydrogen) atoms. The monoisotopic (exact) mass is 257 g/mol. The summed E-state index contributed by atoms with van der Waals surface area (Å²) in [5, 5.41) is 4.18. The maximum absolute atomic E-state index is 11.2. The van der Waals surface area contributed by atoms with E-state index in [0.29, 0.717) is 12.6 Å². The maximum Gasteiger partial charge on any atom is 0.148 e. The van der Waals surface area contributed by atoms with E-state index >= 15 is 0 Å². The predicted molar refractivity (Wildman–Crippen MR) is 66.5 cm³/mol. The molecule has 1 aliphatic heterocycles. The van der Waals surface area contributed by atoms with Gasteiger partial charge in [-0.15, -0.1) is 0 Å². The lowest BCUT2D eigenvalue weighted by molar-refractivity contribution is 0.272. The van der Waals surface area contributed by atoms with Gasteiger partial charge in [0, 0.05) is 37.7 Å². The van der Waals surface area contributed by atoms with Crippen molar-refractivity contribution in [3.05, 3.63) is 18.0 Å². The summed E-state index contributed by atoms with van der Waals surface area (Å²) in [5.74, 6) is 0.240. The average molecular weight is 257 g/mol. The minimum absolute atomic E-state index is 0.240. The zero-order valence-electron chi connectivity index (χ0n) is 10.3. The Bertz CT molecular complexity index is 481. The van der Waals surface area contributed by atoms with E-state index in [1.807, 2.05) is 19.4 Å². The molecule has 96 valence electrons. The second kappa shape index (κ2) is 4.78. The van der Waals surface area contributed by atoms with Crippen molar-refractivity contribution in [3.8, 4) is 0 Å². The van der Waals surface area contributed by atoms with Crippen molar-refractivity contribution < 1.29 is 8.42 Å². The van der Waals surface area contributed by atoms with Crippen LogP contribution in [0.5, 0.6) is 0 Å². The minimum Gasteiger partial charge on any atom is -0.295 e. The van der Waals surface area contributed by atoms with Gasteiger partial charge in [0.1, 0.15) is 9.84 Å². The first kappa shape index (κ1) is 12.6. The summed E-state index contributed by atoms with van der Waals surface area (Å²) in [5.41, 5.74) is 1.19. The smallest absolute Gasteiger partial charge is 0.148 e. The Morgan fingerprint density at radius 1 is 1.53 bits per heavy atom. The van der Waals surface area contributed by atoms with Gasteiger partial charge in [0.05, 0.1) is 11.9 Å². The second-order valence-electron chi connectivity index (χ2n) is 4.77. The molecule has 1 atom stereocenters. The topological polar surface area (TPSA) is 55.2 Å². The van der Waals surface area contributed by atoms with Gasteiger partial charge in [-0.3, -0.25) is 9.58 Å². The number of sulfone groups is 1. The molecule has 6 heteroatoms. The first-order valence-corrected chi connectivity index (χ1v) is 7.92. The van der Waals surface area contributed by atoms with Crippen molar-refractivity contribution in [2.75, 3.05) is 25.1 Å². The fourth-order valence-electron chi connectivity index (χ4n) is 2.37. The van der Waals surface area contributed by atoms with Gasteiger partial charge in [-0.05, 0) is 19.4 Å². The summed E-state index contributed by atoms with van der Waals surface area (Å²) in [6.45, 7) is 1.60. The quantitative estimate of drug-likeness (QED) is 0.792. The number of nitrogens with zero attached hydrogens (tertiary/aromatic N) is 3. The molecule has 0 aliphatic carbocycles. The van der Waals surface area contributed by atoms with Gasteiger partial charge in [-0.1, -0.05) is 0 Å². The standard InChI is InChI=1S/C11H19N3O2S/c1-13-9-10(8-12-13)11-4-3-5-14(11)6-7-17(2,15)16/h8-9,11H,3-7H2,1-2H3/t11-/m1/s1. The summed E-state index contributed by atoms with van der Waals surface area (Å²) >= 11 is 0. The van der Waals surface area contributed by atoms with Crippen LogP contribution in [0.15, 0.2) is 12.4 Å². The van der Waals surface area contributed by atoms with E-state index in [2.05, 4.69) is 10.00 Å². The molecule has 1 aromatic rings. The molecule has 1 saturated heterocycles. The van der Waals surface area contributed by atoms with Crippen LogP contribution in [0.2, 0.25) is 0 Å². The van der Waals surface area contributed by atoms with Crippen LogP contribution < -0.4 is 0 Å². The van der Waals surface area contributed by atoms with Crippen LogP contribution in [0.4, 0.5) is 0 Å². The summed E-state index contributed by atoms with van der Waals surface area (Å²) in [6.07, 6.45) is 7.41. The number of aromatic nitrogens is 2. The first-order chi connectivity index (χ1) is 7.96. The van der Waals surface area contributed by atoms with E-state index in [1.54, 1.807) is 4.68 Å². The van der Waals surface area contributed by atoms with E-state index in [-0.39, 0.29) is 5.75 Å². The van der Waals surface area contributed by atoms with Gasteiger partial charge in [-0.25, -0.2) is 8.42 Å². The van der Waals surface area contributed by atoms with Gasteiger partial charge in [-0.2, -0.15) is 5.10 Å². The van der Waals surface area contributed by atoms with Gasteiger partial charge in [0.15, 0.2) is 0 Å². The van der Waals surface area contributed by atoms with Crippen molar-refractivity contribution in [3.63, 3.8) is 0 Å². The number of hydrogen-bond donors (Lipinski definition) is 0. The third kappa shape index (κ3) is 3.29. The molecule has 2 heterocycles. The molecule has 0 N–H and O–H groups in total. The lowest BCUT2D eigenvalue weighted by Gasteiger charge is -2.22. The first-order valence-electron chi connectivity index (χ1n) is 5.86. The van der Waals surface area contributed by atoms with Crippen molar-refractivity contribution in [2.24, 2.45) is 7.05 Å². The summed E-state index contributed by atoms with van der Waals surface area (Å²) in [6, 6.07) is 0.338. The van der Waals surface area contributed by atoms with E-state index in [9.17, 15) is 8.42 Å². The van der Waals surface area contributed by atoms with E-state index < -0.39 is 9.84 Å². The molecule has 0 spiro atoms. The van der Waals surface area contributed by atoms with Gasteiger partial charge in [0.2, 0.25) is 0 Å². The summed E-state index contributed by atoms with van der Waals surface area (Å²) in [7, 11) is -0.972. The van der Waals surface area contributed by atoms with Gasteiger partial charge < -0.3 is 0 Å². The Morgan fingerprint density at radius 2 is 2.29 bits per heavy atom. The van der Waals surface area contributed by atoms with Crippen molar-refractivity contribution in [2.45, 2.75) is 18.9 Å². The van der Waals surface area contributed by atoms with Crippen molar-refractivity contribution in [1.29, 1.82) is 0 Å². The Hall–Kier alpha value is -0.880. The van der Waals surface area contributed by atoms with Crippen LogP contribution in [-0.4, -0.2) is 48.2 Å². The van der Waals surface area contributed by atoms with E-state index in [4.69, 9.17) is 0 Å². The molecule has 1 aromatic heterocycles. The third-order valence-electron chi connectivity index (χ3n) is 3.22. The number of hydrogen-bond acceptors (Lipinski definition) is 4. The average Bonchev–Trinajstić information content (AvgIpc) is 2.81. The minimum atomic E-state index is -2.87. The van der Waals surface area contributed by atoms with Crippen molar-refractivity contribution >= 4 is 9.84 Å². The fraction of sp³-hybridized carbons (Fsp3) is 0.727. The summed E-state index contributed by atoms with van der Waals surface area (Å²) in [4.78, 5) is 2.25. The fourth-order valence-corrected chi connectivity index (χ4v) is 2.93. The molecule has 2 rings (SSSR count). The SMILES string of the molecule is Cn1cc([C@H]2CCCN2CCS(C)(=O)=O)cn1. The molecular weight excluding hydrogens is 238 g/mol. The highest BCUT2D eigenvalue weighted by atomic mass is 32.2. The van der Waals surface area contributed by atoms with E-state index in [0.717, 1.165) is 19.4 Å². The molecule has 0 bridgehead atoms. The Balaban J connectivity index is 2.02. The zero-order valence-corrected chi connectivity index (χ0v) is 11.2. The van der Waals surface area contributed by atoms with Crippen LogP contribution >= 0.6 is 0 Å². The Labute approximate surface area is 102 Å². The lowest BCUT2D eigenvalue weighted by atomic mass is 10.1. The number of likely N-dealkylation sites (tertiary alicyclic amines) is 1. The molecule has 0 radical (unpaired) electrons. The molecular formula is C11H19N3O2S. The molecule has 5 nitrogen and oxygen atoms in total. The number of rotatable bonds is 4. The van der Waals surface area contributed by atoms with Crippen LogP contribution in [0.1, 0.15) is 24.4 Å². The Morgan fingerprint density at radius 3 is 2.88 bits per heavy atom. The van der Waals surface area contributed by atoms with Crippen LogP contribution in [0, 0.1) is 0 Å². The summed E-state index contributed by atoms with van der Waals surface area (Å²) < 4.78 is 24.2. The van der Waals surface area contributed by atoms with Crippen LogP contribution in [0.25, 0.3) is 0 Å². The van der Waals surface area contributed by atoms with Crippen LogP contribution in [0.3, 0.4) is 0 Å². The predicted octanol–water partition coefficient (Wildman–Crippen LogP) is 0.602. The van der Waals surface area contributed by atoms with E-state index in [1.165, 1.54) is 11.8 Å². The highest BCUT2D eigenvalue weighted by Crippen LogP contribution is 2.31. The molecule has 0 unspecified atom stereocenters. The maximum atomic E-state index is 11.2. The molecule has 0 amide bonds. The highest BCUT2D eigenvalue weighted by molar-refractivity contribution is 7.90.